The summed E-state index contributed by atoms with van der Waals surface area (Å²) in [5.41, 5.74) is 12.4. The zero-order valence-corrected chi connectivity index (χ0v) is 25.5. The zero-order chi connectivity index (χ0) is 31.2. The van der Waals surface area contributed by atoms with Gasteiger partial charge in [-0.15, -0.1) is 0 Å². The summed E-state index contributed by atoms with van der Waals surface area (Å²) in [4.78, 5) is 9.59. The molecule has 0 aliphatic carbocycles. The van der Waals surface area contributed by atoms with E-state index in [-0.39, 0.29) is 0 Å². The van der Waals surface area contributed by atoms with Crippen molar-refractivity contribution in [2.24, 2.45) is 0 Å². The molecule has 0 unspecified atom stereocenters. The van der Waals surface area contributed by atoms with Crippen LogP contribution in [0.15, 0.2) is 174 Å². The van der Waals surface area contributed by atoms with E-state index in [1.807, 2.05) is 42.6 Å². The zero-order valence-electron chi connectivity index (χ0n) is 25.5. The van der Waals surface area contributed by atoms with Gasteiger partial charge in [0.2, 0.25) is 0 Å². The average Bonchev–Trinajstić information content (AvgIpc) is 3.55. The van der Waals surface area contributed by atoms with Crippen molar-refractivity contribution in [1.29, 1.82) is 0 Å². The van der Waals surface area contributed by atoms with Crippen LogP contribution in [0.2, 0.25) is 0 Å². The first-order chi connectivity index (χ1) is 23.3. The molecule has 0 N–H and O–H groups in total. The molecule has 9 rings (SSSR count). The first-order valence-corrected chi connectivity index (χ1v) is 15.8. The van der Waals surface area contributed by atoms with Gasteiger partial charge in [-0.1, -0.05) is 127 Å². The van der Waals surface area contributed by atoms with Crippen LogP contribution >= 0.6 is 0 Å². The standard InChI is InChI=1S/C44H28N2O/c1-3-12-30(13-4-1)37-28-38-43-34(18-11-20-42(43)47-44(38)36-17-8-7-16-35(36)37)31-23-21-29(22-24-31)33-26-40(32-14-5-2-6-15-32)46-41(27-33)39-19-9-10-25-45-39/h1-28H. The van der Waals surface area contributed by atoms with Gasteiger partial charge in [0.1, 0.15) is 11.2 Å². The average molecular weight is 601 g/mol. The Hall–Kier alpha value is -6.32. The van der Waals surface area contributed by atoms with Gasteiger partial charge < -0.3 is 4.42 Å². The van der Waals surface area contributed by atoms with Gasteiger partial charge >= 0.3 is 0 Å². The molecule has 47 heavy (non-hydrogen) atoms. The molecule has 3 nitrogen and oxygen atoms in total. The highest BCUT2D eigenvalue weighted by Crippen LogP contribution is 2.43. The number of rotatable bonds is 5. The van der Waals surface area contributed by atoms with Crippen LogP contribution in [0.4, 0.5) is 0 Å². The Kier molecular flexibility index (Phi) is 6.46. The Morgan fingerprint density at radius 1 is 0.383 bits per heavy atom. The van der Waals surface area contributed by atoms with E-state index >= 15 is 0 Å². The highest BCUT2D eigenvalue weighted by Gasteiger charge is 2.18. The van der Waals surface area contributed by atoms with E-state index in [1.54, 1.807) is 0 Å². The normalized spacial score (nSPS) is 11.4. The summed E-state index contributed by atoms with van der Waals surface area (Å²) in [6, 6.07) is 57.2. The predicted molar refractivity (Wildman–Crippen MR) is 194 cm³/mol. The third-order valence-electron chi connectivity index (χ3n) is 8.94. The molecule has 0 spiro atoms. The summed E-state index contributed by atoms with van der Waals surface area (Å²) in [6.45, 7) is 0. The number of nitrogens with zero attached hydrogens (tertiary/aromatic N) is 2. The Morgan fingerprint density at radius 3 is 1.81 bits per heavy atom. The minimum Gasteiger partial charge on any atom is -0.455 e. The van der Waals surface area contributed by atoms with Gasteiger partial charge in [0.15, 0.2) is 0 Å². The number of hydrogen-bond donors (Lipinski definition) is 0. The molecule has 0 bridgehead atoms. The van der Waals surface area contributed by atoms with Crippen LogP contribution in [-0.2, 0) is 0 Å². The lowest BCUT2D eigenvalue weighted by Crippen LogP contribution is -1.92. The van der Waals surface area contributed by atoms with Crippen LogP contribution in [0.25, 0.3) is 88.7 Å². The van der Waals surface area contributed by atoms with E-state index in [0.29, 0.717) is 0 Å². The second-order valence-electron chi connectivity index (χ2n) is 11.8. The molecular weight excluding hydrogens is 572 g/mol. The smallest absolute Gasteiger partial charge is 0.143 e. The van der Waals surface area contributed by atoms with Crippen LogP contribution in [0.1, 0.15) is 0 Å². The van der Waals surface area contributed by atoms with Crippen molar-refractivity contribution < 1.29 is 4.42 Å². The molecule has 6 aromatic carbocycles. The molecule has 0 saturated carbocycles. The van der Waals surface area contributed by atoms with Crippen molar-refractivity contribution in [3.05, 3.63) is 170 Å². The summed E-state index contributed by atoms with van der Waals surface area (Å²) in [6.07, 6.45) is 1.81. The van der Waals surface area contributed by atoms with Crippen molar-refractivity contribution in [2.45, 2.75) is 0 Å². The Bertz CT molecular complexity index is 2480. The Balaban J connectivity index is 1.19. The molecule has 0 fully saturated rings. The fourth-order valence-corrected chi connectivity index (χ4v) is 6.69. The first-order valence-electron chi connectivity index (χ1n) is 15.8. The molecule has 0 atom stereocenters. The minimum atomic E-state index is 0.849. The first kappa shape index (κ1) is 27.0. The van der Waals surface area contributed by atoms with Crippen LogP contribution in [0.3, 0.4) is 0 Å². The minimum absolute atomic E-state index is 0.849. The lowest BCUT2D eigenvalue weighted by molar-refractivity contribution is 0.673. The molecule has 9 aromatic rings. The summed E-state index contributed by atoms with van der Waals surface area (Å²) >= 11 is 0. The van der Waals surface area contributed by atoms with Gasteiger partial charge in [-0.2, -0.15) is 0 Å². The van der Waals surface area contributed by atoms with E-state index < -0.39 is 0 Å². The van der Waals surface area contributed by atoms with E-state index in [1.165, 1.54) is 16.5 Å². The SMILES string of the molecule is c1ccc(-c2cc(-c3ccc(-c4cccc5oc6c7ccccc7c(-c7ccccc7)cc6c45)cc3)cc(-c3ccccn3)n2)cc1. The van der Waals surface area contributed by atoms with Gasteiger partial charge in [-0.25, -0.2) is 4.98 Å². The topological polar surface area (TPSA) is 38.9 Å². The molecule has 0 saturated heterocycles. The van der Waals surface area contributed by atoms with Gasteiger partial charge in [0, 0.05) is 27.9 Å². The monoisotopic (exact) mass is 600 g/mol. The Morgan fingerprint density at radius 2 is 1.04 bits per heavy atom. The number of pyridine rings is 2. The highest BCUT2D eigenvalue weighted by molar-refractivity contribution is 6.22. The van der Waals surface area contributed by atoms with Crippen LogP contribution in [-0.4, -0.2) is 9.97 Å². The largest absolute Gasteiger partial charge is 0.455 e. The van der Waals surface area contributed by atoms with Crippen molar-refractivity contribution in [3.8, 4) is 56.0 Å². The number of hydrogen-bond acceptors (Lipinski definition) is 3. The van der Waals surface area contributed by atoms with Crippen molar-refractivity contribution in [1.82, 2.24) is 9.97 Å². The van der Waals surface area contributed by atoms with Crippen molar-refractivity contribution >= 4 is 32.7 Å². The fraction of sp³-hybridized carbons (Fsp3) is 0. The van der Waals surface area contributed by atoms with E-state index in [4.69, 9.17) is 9.40 Å². The molecule has 3 heterocycles. The van der Waals surface area contributed by atoms with Crippen molar-refractivity contribution in [2.75, 3.05) is 0 Å². The molecule has 3 heteroatoms. The third kappa shape index (κ3) is 4.77. The maximum Gasteiger partial charge on any atom is 0.143 e. The van der Waals surface area contributed by atoms with E-state index in [0.717, 1.165) is 72.2 Å². The quantitative estimate of drug-likeness (QED) is 0.197. The second-order valence-corrected chi connectivity index (χ2v) is 11.8. The van der Waals surface area contributed by atoms with Gasteiger partial charge in [0.05, 0.1) is 17.1 Å². The number of fused-ring (bicyclic) bond motifs is 5. The van der Waals surface area contributed by atoms with Crippen LogP contribution in [0, 0.1) is 0 Å². The number of aromatic nitrogens is 2. The molecule has 0 radical (unpaired) electrons. The second kappa shape index (κ2) is 11.2. The summed E-state index contributed by atoms with van der Waals surface area (Å²) < 4.78 is 6.61. The maximum absolute atomic E-state index is 6.61. The van der Waals surface area contributed by atoms with E-state index in [2.05, 4.69) is 132 Å². The number of furan rings is 1. The molecular formula is C44H28N2O. The number of benzene rings is 6. The molecule has 0 amide bonds. The molecule has 3 aromatic heterocycles. The summed E-state index contributed by atoms with van der Waals surface area (Å²) in [5, 5.41) is 4.56. The summed E-state index contributed by atoms with van der Waals surface area (Å²) in [5.74, 6) is 0. The lowest BCUT2D eigenvalue weighted by atomic mass is 9.93. The third-order valence-corrected chi connectivity index (χ3v) is 8.94. The fourth-order valence-electron chi connectivity index (χ4n) is 6.69. The molecule has 220 valence electrons. The maximum atomic E-state index is 6.61. The Labute approximate surface area is 272 Å². The van der Waals surface area contributed by atoms with E-state index in [9.17, 15) is 0 Å². The van der Waals surface area contributed by atoms with Crippen LogP contribution in [0.5, 0.6) is 0 Å². The molecule has 0 aliphatic rings. The van der Waals surface area contributed by atoms with Crippen molar-refractivity contribution in [3.63, 3.8) is 0 Å². The lowest BCUT2D eigenvalue weighted by Gasteiger charge is -2.11. The highest BCUT2D eigenvalue weighted by atomic mass is 16.3. The van der Waals surface area contributed by atoms with Gasteiger partial charge in [-0.05, 0) is 75.2 Å². The predicted octanol–water partition coefficient (Wildman–Crippen LogP) is 11.9. The van der Waals surface area contributed by atoms with Gasteiger partial charge in [0.25, 0.3) is 0 Å². The van der Waals surface area contributed by atoms with Gasteiger partial charge in [-0.3, -0.25) is 4.98 Å². The van der Waals surface area contributed by atoms with Crippen LogP contribution < -0.4 is 0 Å². The molecule has 0 aliphatic heterocycles. The summed E-state index contributed by atoms with van der Waals surface area (Å²) in [7, 11) is 0.